The predicted octanol–water partition coefficient (Wildman–Crippen LogP) is 1.65. The molecule has 1 aromatic heterocycles. The van der Waals surface area contributed by atoms with E-state index < -0.39 is 0 Å². The number of hydrogen-bond acceptors (Lipinski definition) is 8. The molecule has 0 amide bonds. The van der Waals surface area contributed by atoms with E-state index in [9.17, 15) is 5.21 Å². The average Bonchev–Trinajstić information content (AvgIpc) is 2.39. The summed E-state index contributed by atoms with van der Waals surface area (Å²) >= 11 is 1.30. The highest BCUT2D eigenvalue weighted by Crippen LogP contribution is 2.25. The number of anilines is 2. The zero-order chi connectivity index (χ0) is 13.0. The van der Waals surface area contributed by atoms with Crippen LogP contribution in [0.3, 0.4) is 0 Å². The van der Waals surface area contributed by atoms with Crippen molar-refractivity contribution in [1.82, 2.24) is 15.0 Å². The molecule has 0 saturated carbocycles. The van der Waals surface area contributed by atoms with Gasteiger partial charge in [0.05, 0.1) is 0 Å². The van der Waals surface area contributed by atoms with Crippen LogP contribution in [-0.2, 0) is 0 Å². The summed E-state index contributed by atoms with van der Waals surface area (Å²) in [6.45, 7) is 0. The monoisotopic (exact) mass is 265 g/mol. The van der Waals surface area contributed by atoms with E-state index in [1.807, 2.05) is 35.8 Å². The van der Waals surface area contributed by atoms with E-state index in [0.29, 0.717) is 5.16 Å². The first-order chi connectivity index (χ1) is 8.69. The summed E-state index contributed by atoms with van der Waals surface area (Å²) in [7, 11) is 1.38. The van der Waals surface area contributed by atoms with Gasteiger partial charge in [-0.25, -0.2) is 10.5 Å². The average molecular weight is 265 g/mol. The molecule has 0 fully saturated rings. The second kappa shape index (κ2) is 5.63. The number of hydrogen-bond donors (Lipinski definition) is 3. The summed E-state index contributed by atoms with van der Waals surface area (Å²) in [5.74, 6) is 0.0133. The van der Waals surface area contributed by atoms with Crippen LogP contribution in [0.5, 0.6) is 0 Å². The third kappa shape index (κ3) is 3.06. The Hall–Kier alpha value is -1.90. The van der Waals surface area contributed by atoms with E-state index in [1.54, 1.807) is 0 Å². The van der Waals surface area contributed by atoms with Crippen LogP contribution in [0.2, 0.25) is 0 Å². The lowest BCUT2D eigenvalue weighted by Gasteiger charge is -2.10. The van der Waals surface area contributed by atoms with Crippen LogP contribution in [0, 0.1) is 0 Å². The third-order valence-corrected chi connectivity index (χ3v) is 2.82. The smallest absolute Gasteiger partial charge is 0.255 e. The molecule has 0 aliphatic rings. The van der Waals surface area contributed by atoms with E-state index in [-0.39, 0.29) is 11.9 Å². The van der Waals surface area contributed by atoms with Crippen molar-refractivity contribution in [2.75, 3.05) is 17.6 Å². The number of hydroxylamine groups is 1. The Morgan fingerprint density at radius 2 is 1.89 bits per heavy atom. The Morgan fingerprint density at radius 1 is 1.17 bits per heavy atom. The van der Waals surface area contributed by atoms with Gasteiger partial charge in [0.15, 0.2) is 5.16 Å². The molecule has 1 aromatic carbocycles. The Morgan fingerprint density at radius 3 is 2.50 bits per heavy atom. The number of aromatic nitrogens is 3. The first kappa shape index (κ1) is 12.6. The summed E-state index contributed by atoms with van der Waals surface area (Å²) in [5, 5.41) is 19.2. The minimum Gasteiger partial charge on any atom is -0.288 e. The van der Waals surface area contributed by atoms with Crippen LogP contribution < -0.4 is 10.5 Å². The normalized spacial score (nSPS) is 10.2. The Balaban J connectivity index is 2.30. The number of nitrogens with one attached hydrogen (secondary N) is 1. The molecule has 2 aromatic rings. The van der Waals surface area contributed by atoms with Gasteiger partial charge in [0, 0.05) is 11.9 Å². The summed E-state index contributed by atoms with van der Waals surface area (Å²) < 4.78 is 0. The maximum atomic E-state index is 9.30. The molecule has 7 nitrogen and oxygen atoms in total. The highest BCUT2D eigenvalue weighted by molar-refractivity contribution is 7.99. The van der Waals surface area contributed by atoms with Crippen molar-refractivity contribution in [2.45, 2.75) is 10.1 Å². The molecule has 94 valence electrons. The lowest BCUT2D eigenvalue weighted by Crippen LogP contribution is -2.15. The quantitative estimate of drug-likeness (QED) is 0.718. The van der Waals surface area contributed by atoms with Crippen molar-refractivity contribution in [3.05, 3.63) is 30.3 Å². The van der Waals surface area contributed by atoms with Gasteiger partial charge >= 0.3 is 0 Å². The first-order valence-corrected chi connectivity index (χ1v) is 5.82. The minimum atomic E-state index is -0.0284. The maximum absolute atomic E-state index is 9.30. The Labute approximate surface area is 107 Å². The van der Waals surface area contributed by atoms with Gasteiger partial charge in [0.2, 0.25) is 0 Å². The highest BCUT2D eigenvalue weighted by atomic mass is 32.2. The van der Waals surface area contributed by atoms with Crippen molar-refractivity contribution in [3.63, 3.8) is 0 Å². The molecule has 0 unspecified atom stereocenters. The summed E-state index contributed by atoms with van der Waals surface area (Å²) in [6, 6.07) is 9.51. The van der Waals surface area contributed by atoms with Gasteiger partial charge in [-0.3, -0.25) is 10.4 Å². The number of benzene rings is 1. The second-order valence-electron chi connectivity index (χ2n) is 3.29. The van der Waals surface area contributed by atoms with Crippen LogP contribution in [-0.4, -0.2) is 32.4 Å². The molecule has 18 heavy (non-hydrogen) atoms. The van der Waals surface area contributed by atoms with Crippen molar-refractivity contribution >= 4 is 23.7 Å². The van der Waals surface area contributed by atoms with Crippen molar-refractivity contribution in [3.8, 4) is 0 Å². The zero-order valence-corrected chi connectivity index (χ0v) is 10.3. The van der Waals surface area contributed by atoms with Gasteiger partial charge in [-0.15, -0.1) is 0 Å². The van der Waals surface area contributed by atoms with Crippen LogP contribution >= 0.6 is 11.8 Å². The van der Waals surface area contributed by atoms with Gasteiger partial charge in [0.1, 0.15) is 0 Å². The molecule has 0 saturated heterocycles. The summed E-state index contributed by atoms with van der Waals surface area (Å²) in [4.78, 5) is 12.7. The molecule has 1 heterocycles. The van der Waals surface area contributed by atoms with Crippen molar-refractivity contribution < 1.29 is 10.4 Å². The van der Waals surface area contributed by atoms with E-state index in [1.165, 1.54) is 18.8 Å². The fraction of sp³-hybridized carbons (Fsp3) is 0.100. The van der Waals surface area contributed by atoms with E-state index in [0.717, 1.165) is 9.96 Å². The second-order valence-corrected chi connectivity index (χ2v) is 4.33. The summed E-state index contributed by atoms with van der Waals surface area (Å²) in [5.41, 5.74) is 1.84. The fourth-order valence-electron chi connectivity index (χ4n) is 1.18. The molecule has 0 aliphatic carbocycles. The lowest BCUT2D eigenvalue weighted by molar-refractivity contribution is 0.271. The number of rotatable bonds is 4. The van der Waals surface area contributed by atoms with Crippen molar-refractivity contribution in [1.29, 1.82) is 0 Å². The van der Waals surface area contributed by atoms with Crippen LogP contribution in [0.4, 0.5) is 11.9 Å². The molecular formula is C10H11N5O2S. The van der Waals surface area contributed by atoms with Gasteiger partial charge in [-0.05, 0) is 23.9 Å². The van der Waals surface area contributed by atoms with Crippen LogP contribution in [0.15, 0.2) is 40.4 Å². The largest absolute Gasteiger partial charge is 0.288 e. The standard InChI is InChI=1S/C10H11N5O2S/c1-15(17)9-11-8(14-16)12-10(13-9)18-7-5-3-2-4-6-7/h2-6,16-17H,1H3,(H,11,12,13,14). The van der Waals surface area contributed by atoms with E-state index in [2.05, 4.69) is 15.0 Å². The minimum absolute atomic E-state index is 0.0284. The van der Waals surface area contributed by atoms with E-state index >= 15 is 0 Å². The molecule has 2 rings (SSSR count). The third-order valence-electron chi connectivity index (χ3n) is 1.94. The predicted molar refractivity (Wildman–Crippen MR) is 66.0 cm³/mol. The van der Waals surface area contributed by atoms with Crippen LogP contribution in [0.1, 0.15) is 0 Å². The van der Waals surface area contributed by atoms with Gasteiger partial charge in [-0.2, -0.15) is 15.0 Å². The van der Waals surface area contributed by atoms with Gasteiger partial charge < -0.3 is 0 Å². The van der Waals surface area contributed by atoms with Gasteiger partial charge in [0.25, 0.3) is 11.9 Å². The lowest BCUT2D eigenvalue weighted by atomic mass is 10.4. The maximum Gasteiger partial charge on any atom is 0.255 e. The molecule has 3 N–H and O–H groups in total. The fourth-order valence-corrected chi connectivity index (χ4v) is 1.94. The molecule has 0 spiro atoms. The highest BCUT2D eigenvalue weighted by Gasteiger charge is 2.09. The zero-order valence-electron chi connectivity index (χ0n) is 9.48. The first-order valence-electron chi connectivity index (χ1n) is 5.00. The van der Waals surface area contributed by atoms with Crippen LogP contribution in [0.25, 0.3) is 0 Å². The molecule has 0 bridgehead atoms. The SMILES string of the molecule is CN(O)c1nc(NO)nc(Sc2ccccc2)n1. The molecule has 0 aliphatic heterocycles. The Bertz CT molecular complexity index is 523. The molecular weight excluding hydrogens is 254 g/mol. The molecule has 0 radical (unpaired) electrons. The topological polar surface area (TPSA) is 94.4 Å². The molecule has 0 atom stereocenters. The molecule has 8 heteroatoms. The van der Waals surface area contributed by atoms with E-state index in [4.69, 9.17) is 5.21 Å². The van der Waals surface area contributed by atoms with Gasteiger partial charge in [-0.1, -0.05) is 18.2 Å². The van der Waals surface area contributed by atoms with Crippen molar-refractivity contribution in [2.24, 2.45) is 0 Å². The Kier molecular flexibility index (Phi) is 3.92. The number of nitrogens with zero attached hydrogens (tertiary/aromatic N) is 4. The summed E-state index contributed by atoms with van der Waals surface area (Å²) in [6.07, 6.45) is 0.